The minimum Gasteiger partial charge on any atom is -0.397 e. The molecule has 0 radical (unpaired) electrons. The first-order chi connectivity index (χ1) is 12.6. The number of nitrogens with zero attached hydrogens (tertiary/aromatic N) is 2. The maximum Gasteiger partial charge on any atom is 0.276 e. The Kier molecular flexibility index (Phi) is 5.31. The molecule has 0 bridgehead atoms. The summed E-state index contributed by atoms with van der Waals surface area (Å²) in [6.45, 7) is 2.59. The molecule has 0 spiro atoms. The van der Waals surface area contributed by atoms with Gasteiger partial charge in [0.1, 0.15) is 0 Å². The Labute approximate surface area is 151 Å². The average Bonchev–Trinajstić information content (AvgIpc) is 2.65. The molecule has 1 heterocycles. The van der Waals surface area contributed by atoms with E-state index in [-0.39, 0.29) is 17.2 Å². The van der Waals surface area contributed by atoms with Crippen LogP contribution in [0.25, 0.3) is 10.8 Å². The summed E-state index contributed by atoms with van der Waals surface area (Å²) in [5.74, 6) is -0.386. The number of nitrogens with two attached hydrogens (primary N) is 1. The molecule has 3 N–H and O–H groups in total. The highest BCUT2D eigenvalue weighted by Crippen LogP contribution is 2.20. The van der Waals surface area contributed by atoms with E-state index in [9.17, 15) is 9.59 Å². The summed E-state index contributed by atoms with van der Waals surface area (Å²) in [6.07, 6.45) is 2.89. The van der Waals surface area contributed by atoms with Crippen molar-refractivity contribution in [2.75, 3.05) is 11.1 Å². The van der Waals surface area contributed by atoms with Crippen LogP contribution in [0.3, 0.4) is 0 Å². The quantitative estimate of drug-likeness (QED) is 0.526. The Morgan fingerprint density at radius 2 is 1.77 bits per heavy atom. The summed E-state index contributed by atoms with van der Waals surface area (Å²) in [7, 11) is 0. The predicted molar refractivity (Wildman–Crippen MR) is 104 cm³/mol. The largest absolute Gasteiger partial charge is 0.397 e. The van der Waals surface area contributed by atoms with Crippen LogP contribution in [-0.4, -0.2) is 15.7 Å². The molecule has 0 saturated carbocycles. The van der Waals surface area contributed by atoms with Crippen LogP contribution in [-0.2, 0) is 6.54 Å². The predicted octanol–water partition coefficient (Wildman–Crippen LogP) is 3.42. The highest BCUT2D eigenvalue weighted by molar-refractivity contribution is 6.11. The lowest BCUT2D eigenvalue weighted by molar-refractivity contribution is 0.102. The van der Waals surface area contributed by atoms with Crippen molar-refractivity contribution >= 4 is 28.1 Å². The Morgan fingerprint density at radius 3 is 2.50 bits per heavy atom. The van der Waals surface area contributed by atoms with E-state index in [0.717, 1.165) is 19.3 Å². The van der Waals surface area contributed by atoms with E-state index in [2.05, 4.69) is 17.3 Å². The van der Waals surface area contributed by atoms with Gasteiger partial charge in [-0.1, -0.05) is 50.1 Å². The van der Waals surface area contributed by atoms with Gasteiger partial charge in [0.05, 0.1) is 16.8 Å². The van der Waals surface area contributed by atoms with Crippen LogP contribution in [0.1, 0.15) is 36.7 Å². The fraction of sp³-hybridized carbons (Fsp3) is 0.250. The number of amides is 1. The Morgan fingerprint density at radius 1 is 1.08 bits per heavy atom. The minimum absolute atomic E-state index is 0.174. The van der Waals surface area contributed by atoms with E-state index < -0.39 is 0 Å². The van der Waals surface area contributed by atoms with Crippen molar-refractivity contribution in [2.45, 2.75) is 32.7 Å². The molecule has 0 aliphatic rings. The zero-order chi connectivity index (χ0) is 18.5. The van der Waals surface area contributed by atoms with Gasteiger partial charge in [-0.25, -0.2) is 4.68 Å². The number of unbranched alkanes of at least 4 members (excludes halogenated alkanes) is 2. The molecule has 0 fully saturated rings. The third kappa shape index (κ3) is 3.59. The zero-order valence-electron chi connectivity index (χ0n) is 14.7. The van der Waals surface area contributed by atoms with Crippen molar-refractivity contribution < 1.29 is 4.79 Å². The first-order valence-electron chi connectivity index (χ1n) is 8.77. The monoisotopic (exact) mass is 350 g/mol. The number of para-hydroxylation sites is 2. The van der Waals surface area contributed by atoms with Crippen molar-refractivity contribution in [1.29, 1.82) is 0 Å². The highest BCUT2D eigenvalue weighted by atomic mass is 16.2. The van der Waals surface area contributed by atoms with Gasteiger partial charge in [-0.2, -0.15) is 5.10 Å². The molecule has 2 aromatic carbocycles. The summed E-state index contributed by atoms with van der Waals surface area (Å²) in [4.78, 5) is 25.5. The number of anilines is 2. The lowest BCUT2D eigenvalue weighted by Gasteiger charge is -2.12. The number of rotatable bonds is 6. The van der Waals surface area contributed by atoms with Crippen LogP contribution in [0.4, 0.5) is 11.4 Å². The SMILES string of the molecule is CCCCCn1nc(C(=O)Nc2ccccc2N)c2ccccc2c1=O. The number of carbonyl (C=O) groups is 1. The molecule has 0 atom stereocenters. The molecule has 0 aliphatic carbocycles. The molecule has 0 aliphatic heterocycles. The third-order valence-electron chi connectivity index (χ3n) is 4.27. The van der Waals surface area contributed by atoms with Crippen molar-refractivity contribution in [2.24, 2.45) is 0 Å². The number of fused-ring (bicyclic) bond motifs is 1. The number of hydrogen-bond donors (Lipinski definition) is 2. The van der Waals surface area contributed by atoms with E-state index in [1.807, 2.05) is 0 Å². The summed E-state index contributed by atoms with van der Waals surface area (Å²) in [6, 6.07) is 14.1. The summed E-state index contributed by atoms with van der Waals surface area (Å²) in [5, 5.41) is 8.17. The second-order valence-corrected chi connectivity index (χ2v) is 6.17. The molecular weight excluding hydrogens is 328 g/mol. The van der Waals surface area contributed by atoms with Crippen molar-refractivity contribution in [3.8, 4) is 0 Å². The molecule has 0 unspecified atom stereocenters. The normalized spacial score (nSPS) is 10.8. The standard InChI is InChI=1S/C20H22N4O2/c1-2-3-8-13-24-20(26)15-10-5-4-9-14(15)18(23-24)19(25)22-17-12-7-6-11-16(17)21/h4-7,9-12H,2-3,8,13,21H2,1H3,(H,22,25). The third-order valence-corrected chi connectivity index (χ3v) is 4.27. The minimum atomic E-state index is -0.386. The van der Waals surface area contributed by atoms with E-state index in [1.54, 1.807) is 48.5 Å². The number of nitrogens with one attached hydrogen (secondary N) is 1. The summed E-state index contributed by atoms with van der Waals surface area (Å²) in [5.41, 5.74) is 6.95. The smallest absolute Gasteiger partial charge is 0.276 e. The second kappa shape index (κ2) is 7.82. The lowest BCUT2D eigenvalue weighted by atomic mass is 10.1. The van der Waals surface area contributed by atoms with Gasteiger partial charge in [-0.15, -0.1) is 0 Å². The van der Waals surface area contributed by atoms with Gasteiger partial charge in [-0.3, -0.25) is 9.59 Å². The lowest BCUT2D eigenvalue weighted by Crippen LogP contribution is -2.28. The van der Waals surface area contributed by atoms with E-state index in [4.69, 9.17) is 5.73 Å². The number of aromatic nitrogens is 2. The Hall–Kier alpha value is -3.15. The van der Waals surface area contributed by atoms with Crippen molar-refractivity contribution in [3.63, 3.8) is 0 Å². The second-order valence-electron chi connectivity index (χ2n) is 6.17. The van der Waals surface area contributed by atoms with Crippen LogP contribution in [0.15, 0.2) is 53.3 Å². The highest BCUT2D eigenvalue weighted by Gasteiger charge is 2.17. The fourth-order valence-electron chi connectivity index (χ4n) is 2.86. The van der Waals surface area contributed by atoms with E-state index >= 15 is 0 Å². The van der Waals surface area contributed by atoms with Gasteiger partial charge in [-0.05, 0) is 24.6 Å². The number of benzene rings is 2. The Balaban J connectivity index is 2.03. The van der Waals surface area contributed by atoms with Crippen molar-refractivity contribution in [3.05, 3.63) is 64.6 Å². The molecule has 6 nitrogen and oxygen atoms in total. The number of nitrogen functional groups attached to an aromatic ring is 1. The number of hydrogen-bond acceptors (Lipinski definition) is 4. The number of carbonyl (C=O) groups excluding carboxylic acids is 1. The average molecular weight is 350 g/mol. The maximum absolute atomic E-state index is 12.8. The van der Waals surface area contributed by atoms with E-state index in [1.165, 1.54) is 4.68 Å². The zero-order valence-corrected chi connectivity index (χ0v) is 14.7. The van der Waals surface area contributed by atoms with Gasteiger partial charge in [0.25, 0.3) is 11.5 Å². The van der Waals surface area contributed by atoms with Crippen LogP contribution in [0.2, 0.25) is 0 Å². The molecule has 0 saturated heterocycles. The van der Waals surface area contributed by atoms with Crippen LogP contribution in [0.5, 0.6) is 0 Å². The van der Waals surface area contributed by atoms with Gasteiger partial charge in [0.15, 0.2) is 5.69 Å². The molecule has 3 rings (SSSR count). The van der Waals surface area contributed by atoms with Gasteiger partial charge >= 0.3 is 0 Å². The van der Waals surface area contributed by atoms with Gasteiger partial charge in [0.2, 0.25) is 0 Å². The van der Waals surface area contributed by atoms with Gasteiger partial charge in [0, 0.05) is 11.9 Å². The van der Waals surface area contributed by atoms with Crippen LogP contribution >= 0.6 is 0 Å². The van der Waals surface area contributed by atoms with E-state index in [0.29, 0.717) is 28.7 Å². The first-order valence-corrected chi connectivity index (χ1v) is 8.77. The fourth-order valence-corrected chi connectivity index (χ4v) is 2.86. The Bertz CT molecular complexity index is 995. The van der Waals surface area contributed by atoms with Crippen LogP contribution < -0.4 is 16.6 Å². The number of aryl methyl sites for hydroxylation is 1. The molecule has 6 heteroatoms. The summed E-state index contributed by atoms with van der Waals surface area (Å²) < 4.78 is 1.39. The maximum atomic E-state index is 12.8. The summed E-state index contributed by atoms with van der Waals surface area (Å²) >= 11 is 0. The van der Waals surface area contributed by atoms with Crippen molar-refractivity contribution in [1.82, 2.24) is 9.78 Å². The molecule has 3 aromatic rings. The molecule has 134 valence electrons. The molecular formula is C20H22N4O2. The first kappa shape index (κ1) is 17.7. The molecule has 1 aromatic heterocycles. The van der Waals surface area contributed by atoms with Gasteiger partial charge < -0.3 is 11.1 Å². The molecule has 26 heavy (non-hydrogen) atoms. The molecule has 1 amide bonds. The topological polar surface area (TPSA) is 90.0 Å². The van der Waals surface area contributed by atoms with Crippen LogP contribution in [0, 0.1) is 0 Å².